The smallest absolute Gasteiger partial charge is 0.155 e. The van der Waals surface area contributed by atoms with Gasteiger partial charge in [0, 0.05) is 12.6 Å². The van der Waals surface area contributed by atoms with Gasteiger partial charge in [0.2, 0.25) is 0 Å². The lowest BCUT2D eigenvalue weighted by atomic mass is 9.94. The average molecular weight is 236 g/mol. The highest BCUT2D eigenvalue weighted by Gasteiger charge is 2.23. The molecule has 5 heteroatoms. The molecule has 1 saturated carbocycles. The molecule has 1 aromatic rings. The average Bonchev–Trinajstić information content (AvgIpc) is 2.38. The molecule has 0 amide bonds. The third-order valence-electron chi connectivity index (χ3n) is 3.35. The molecular weight excluding hydrogens is 216 g/mol. The molecule has 1 aromatic heterocycles. The van der Waals surface area contributed by atoms with Crippen LogP contribution in [0.15, 0.2) is 12.5 Å². The van der Waals surface area contributed by atoms with Crippen molar-refractivity contribution in [2.45, 2.75) is 38.1 Å². The zero-order valence-corrected chi connectivity index (χ0v) is 10.0. The maximum atomic E-state index is 9.19. The maximum Gasteiger partial charge on any atom is 0.155 e. The number of rotatable bonds is 4. The molecule has 2 rings (SSSR count). The van der Waals surface area contributed by atoms with Crippen LogP contribution in [-0.2, 0) is 0 Å². The molecule has 1 heterocycles. The highest BCUT2D eigenvalue weighted by atomic mass is 16.3. The lowest BCUT2D eigenvalue weighted by molar-refractivity contribution is 0.289. The minimum absolute atomic E-state index is 0.125. The summed E-state index contributed by atoms with van der Waals surface area (Å²) >= 11 is 0. The van der Waals surface area contributed by atoms with E-state index in [9.17, 15) is 5.11 Å². The Morgan fingerprint density at radius 3 is 2.76 bits per heavy atom. The van der Waals surface area contributed by atoms with Crippen LogP contribution in [0.5, 0.6) is 0 Å². The van der Waals surface area contributed by atoms with Gasteiger partial charge in [-0.05, 0) is 12.8 Å². The van der Waals surface area contributed by atoms with Gasteiger partial charge in [-0.1, -0.05) is 19.3 Å². The number of anilines is 2. The van der Waals surface area contributed by atoms with Gasteiger partial charge in [-0.2, -0.15) is 0 Å². The number of nitrogens with two attached hydrogens (primary N) is 1. The van der Waals surface area contributed by atoms with E-state index in [1.807, 2.05) is 0 Å². The third kappa shape index (κ3) is 2.85. The zero-order chi connectivity index (χ0) is 12.1. The first-order valence-corrected chi connectivity index (χ1v) is 6.26. The Balaban J connectivity index is 2.18. The Kier molecular flexibility index (Phi) is 4.14. The summed E-state index contributed by atoms with van der Waals surface area (Å²) in [6, 6.07) is 0.452. The van der Waals surface area contributed by atoms with Gasteiger partial charge >= 0.3 is 0 Å². The van der Waals surface area contributed by atoms with Gasteiger partial charge in [-0.15, -0.1) is 0 Å². The molecule has 3 N–H and O–H groups in total. The number of nitrogens with zero attached hydrogens (tertiary/aromatic N) is 3. The van der Waals surface area contributed by atoms with Crippen LogP contribution in [0.25, 0.3) is 0 Å². The van der Waals surface area contributed by atoms with E-state index in [1.165, 1.54) is 25.6 Å². The standard InChI is InChI=1S/C12H20N4O/c13-11-8-14-9-15-12(11)16(6-7-17)10-4-2-1-3-5-10/h8-10,17H,1-7,13H2. The number of aliphatic hydroxyl groups excluding tert-OH is 1. The van der Waals surface area contributed by atoms with E-state index >= 15 is 0 Å². The van der Waals surface area contributed by atoms with E-state index in [1.54, 1.807) is 6.20 Å². The van der Waals surface area contributed by atoms with Gasteiger partial charge in [0.1, 0.15) is 6.33 Å². The predicted octanol–water partition coefficient (Wildman–Crippen LogP) is 1.19. The number of aromatic nitrogens is 2. The first-order chi connectivity index (χ1) is 8.33. The molecule has 1 aliphatic carbocycles. The molecule has 0 aliphatic heterocycles. The molecule has 5 nitrogen and oxygen atoms in total. The van der Waals surface area contributed by atoms with Crippen LogP contribution < -0.4 is 10.6 Å². The molecule has 94 valence electrons. The van der Waals surface area contributed by atoms with Gasteiger partial charge in [0.05, 0.1) is 18.5 Å². The van der Waals surface area contributed by atoms with E-state index in [2.05, 4.69) is 14.9 Å². The van der Waals surface area contributed by atoms with E-state index in [-0.39, 0.29) is 6.61 Å². The SMILES string of the molecule is Nc1cncnc1N(CCO)C1CCCCC1. The van der Waals surface area contributed by atoms with Crippen molar-refractivity contribution < 1.29 is 5.11 Å². The summed E-state index contributed by atoms with van der Waals surface area (Å²) in [5.41, 5.74) is 6.50. The van der Waals surface area contributed by atoms with Crippen molar-refractivity contribution in [1.82, 2.24) is 9.97 Å². The molecule has 1 aliphatic rings. The normalized spacial score (nSPS) is 17.0. The van der Waals surface area contributed by atoms with E-state index in [0.717, 1.165) is 18.7 Å². The number of aliphatic hydroxyl groups is 1. The number of hydrogen-bond donors (Lipinski definition) is 2. The first-order valence-electron chi connectivity index (χ1n) is 6.26. The van der Waals surface area contributed by atoms with Gasteiger partial charge in [0.25, 0.3) is 0 Å². The van der Waals surface area contributed by atoms with Crippen molar-refractivity contribution in [3.8, 4) is 0 Å². The molecule has 0 atom stereocenters. The molecule has 0 aromatic carbocycles. The highest BCUT2D eigenvalue weighted by molar-refractivity contribution is 5.61. The summed E-state index contributed by atoms with van der Waals surface area (Å²) in [6.07, 6.45) is 9.25. The summed E-state index contributed by atoms with van der Waals surface area (Å²) in [4.78, 5) is 10.3. The molecule has 17 heavy (non-hydrogen) atoms. The second-order valence-corrected chi connectivity index (χ2v) is 4.51. The Labute approximate surface area is 102 Å². The minimum Gasteiger partial charge on any atom is -0.395 e. The fourth-order valence-corrected chi connectivity index (χ4v) is 2.54. The van der Waals surface area contributed by atoms with Crippen molar-refractivity contribution in [2.75, 3.05) is 23.8 Å². The van der Waals surface area contributed by atoms with Crippen molar-refractivity contribution in [3.63, 3.8) is 0 Å². The summed E-state index contributed by atoms with van der Waals surface area (Å²) < 4.78 is 0. The van der Waals surface area contributed by atoms with E-state index in [4.69, 9.17) is 5.73 Å². The summed E-state index contributed by atoms with van der Waals surface area (Å²) in [5.74, 6) is 0.765. The second kappa shape index (κ2) is 5.82. The molecule has 0 spiro atoms. The van der Waals surface area contributed by atoms with Gasteiger partial charge in [-0.3, -0.25) is 0 Å². The molecular formula is C12H20N4O. The predicted molar refractivity (Wildman–Crippen MR) is 67.7 cm³/mol. The monoisotopic (exact) mass is 236 g/mol. The molecule has 0 radical (unpaired) electrons. The fourth-order valence-electron chi connectivity index (χ4n) is 2.54. The summed E-state index contributed by atoms with van der Waals surface area (Å²) in [7, 11) is 0. The van der Waals surface area contributed by atoms with Crippen LogP contribution in [0, 0.1) is 0 Å². The van der Waals surface area contributed by atoms with Crippen LogP contribution in [0.3, 0.4) is 0 Å². The van der Waals surface area contributed by atoms with E-state index in [0.29, 0.717) is 18.3 Å². The molecule has 0 saturated heterocycles. The van der Waals surface area contributed by atoms with Crippen molar-refractivity contribution >= 4 is 11.5 Å². The minimum atomic E-state index is 0.125. The fraction of sp³-hybridized carbons (Fsp3) is 0.667. The van der Waals surface area contributed by atoms with Gasteiger partial charge < -0.3 is 15.7 Å². The lowest BCUT2D eigenvalue weighted by Gasteiger charge is -2.35. The first kappa shape index (κ1) is 12.1. The molecule has 1 fully saturated rings. The third-order valence-corrected chi connectivity index (χ3v) is 3.35. The molecule has 0 unspecified atom stereocenters. The Hall–Kier alpha value is -1.36. The second-order valence-electron chi connectivity index (χ2n) is 4.51. The van der Waals surface area contributed by atoms with Crippen molar-refractivity contribution in [2.24, 2.45) is 0 Å². The van der Waals surface area contributed by atoms with Gasteiger partial charge in [0.15, 0.2) is 5.82 Å². The summed E-state index contributed by atoms with van der Waals surface area (Å²) in [5, 5.41) is 9.19. The lowest BCUT2D eigenvalue weighted by Crippen LogP contribution is -2.39. The van der Waals surface area contributed by atoms with Crippen LogP contribution >= 0.6 is 0 Å². The van der Waals surface area contributed by atoms with Crippen molar-refractivity contribution in [3.05, 3.63) is 12.5 Å². The Bertz CT molecular complexity index is 352. The zero-order valence-electron chi connectivity index (χ0n) is 10.0. The molecule has 0 bridgehead atoms. The number of nitrogen functional groups attached to an aromatic ring is 1. The number of hydrogen-bond acceptors (Lipinski definition) is 5. The Morgan fingerprint density at radius 2 is 2.12 bits per heavy atom. The largest absolute Gasteiger partial charge is 0.395 e. The highest BCUT2D eigenvalue weighted by Crippen LogP contribution is 2.28. The van der Waals surface area contributed by atoms with Crippen LogP contribution in [0.1, 0.15) is 32.1 Å². The van der Waals surface area contributed by atoms with Crippen LogP contribution in [0.4, 0.5) is 11.5 Å². The van der Waals surface area contributed by atoms with Crippen molar-refractivity contribution in [1.29, 1.82) is 0 Å². The quantitative estimate of drug-likeness (QED) is 0.821. The van der Waals surface area contributed by atoms with Crippen LogP contribution in [0.2, 0.25) is 0 Å². The van der Waals surface area contributed by atoms with Gasteiger partial charge in [-0.25, -0.2) is 9.97 Å². The maximum absolute atomic E-state index is 9.19. The van der Waals surface area contributed by atoms with E-state index < -0.39 is 0 Å². The van der Waals surface area contributed by atoms with Crippen LogP contribution in [-0.4, -0.2) is 34.3 Å². The summed E-state index contributed by atoms with van der Waals surface area (Å²) in [6.45, 7) is 0.714. The Morgan fingerprint density at radius 1 is 1.35 bits per heavy atom. The topological polar surface area (TPSA) is 75.3 Å².